The van der Waals surface area contributed by atoms with Gasteiger partial charge in [0.2, 0.25) is 0 Å². The number of likely N-dealkylation sites (N-methyl/N-ethyl adjacent to an activating group) is 1. The van der Waals surface area contributed by atoms with Crippen molar-refractivity contribution in [2.75, 3.05) is 47.5 Å². The Morgan fingerprint density at radius 3 is 1.05 bits per heavy atom. The van der Waals surface area contributed by atoms with Crippen LogP contribution in [0.4, 0.5) is 0 Å². The Kier molecular flexibility index (Phi) is 56.5. The molecule has 0 bridgehead atoms. The van der Waals surface area contributed by atoms with Gasteiger partial charge in [-0.2, -0.15) is 0 Å². The van der Waals surface area contributed by atoms with Crippen LogP contribution in [0.25, 0.3) is 0 Å². The summed E-state index contributed by atoms with van der Waals surface area (Å²) in [6.07, 6.45) is 81.5. The normalized spacial score (nSPS) is 13.6. The number of nitrogens with zero attached hydrogens (tertiary/aromatic N) is 1. The first-order valence-corrected chi connectivity index (χ1v) is 31.7. The lowest BCUT2D eigenvalue weighted by Gasteiger charge is -2.26. The Morgan fingerprint density at radius 1 is 0.380 bits per heavy atom. The van der Waals surface area contributed by atoms with Gasteiger partial charge in [0.15, 0.2) is 12.4 Å². The minimum absolute atomic E-state index is 0.135. The standard InChI is InChI=1S/C70H117NO8/c1-6-8-10-12-14-16-18-20-22-24-25-26-27-28-29-30-31-32-33-34-35-36-37-38-39-40-41-42-43-45-47-49-51-53-55-57-59-61-68(73)79-66(65-78-70(69(74)75)76-63-62-71(3,4)5)64-77-67(72)60-58-56-54-52-50-48-46-44-23-21-19-17-15-13-11-9-7-2/h8-11,14-17,20-23,25-26,28-29,46,48,52,54,66,70H,6-7,12-13,18-19,24,27,30-45,47,49-51,53,55-65H2,1-5H3/b10-8-,11-9-,16-14-,17-15-,22-20-,23-21-,26-25-,29-28-,48-46-,54-52-. The molecule has 0 heterocycles. The number of carboxylic acid groups (broad SMARTS) is 1. The lowest BCUT2D eigenvalue weighted by atomic mass is 10.0. The molecule has 0 aliphatic heterocycles. The molecule has 0 saturated carbocycles. The van der Waals surface area contributed by atoms with E-state index in [1.54, 1.807) is 0 Å². The first-order chi connectivity index (χ1) is 38.6. The van der Waals surface area contributed by atoms with E-state index in [4.69, 9.17) is 18.9 Å². The number of allylic oxidation sites excluding steroid dienone is 20. The summed E-state index contributed by atoms with van der Waals surface area (Å²) in [5.74, 6) is -2.36. The third kappa shape index (κ3) is 61.2. The quantitative estimate of drug-likeness (QED) is 0.0195. The molecule has 0 aromatic carbocycles. The summed E-state index contributed by atoms with van der Waals surface area (Å²) in [4.78, 5) is 37.3. The number of hydrogen-bond acceptors (Lipinski definition) is 8. The van der Waals surface area contributed by atoms with E-state index >= 15 is 0 Å². The summed E-state index contributed by atoms with van der Waals surface area (Å²) >= 11 is 0. The molecule has 0 aromatic rings. The van der Waals surface area contributed by atoms with Crippen LogP contribution in [0.15, 0.2) is 122 Å². The first kappa shape index (κ1) is 74.7. The molecule has 450 valence electrons. The summed E-state index contributed by atoms with van der Waals surface area (Å²) in [7, 11) is 5.90. The van der Waals surface area contributed by atoms with Crippen LogP contribution in [0.2, 0.25) is 0 Å². The van der Waals surface area contributed by atoms with Gasteiger partial charge >= 0.3 is 11.9 Å². The van der Waals surface area contributed by atoms with Crippen LogP contribution in [-0.2, 0) is 33.3 Å². The Bertz CT molecular complexity index is 1710. The van der Waals surface area contributed by atoms with Gasteiger partial charge in [-0.15, -0.1) is 0 Å². The van der Waals surface area contributed by atoms with Crippen molar-refractivity contribution >= 4 is 17.9 Å². The number of carboxylic acids is 1. The van der Waals surface area contributed by atoms with Crippen molar-refractivity contribution in [1.29, 1.82) is 0 Å². The third-order valence-corrected chi connectivity index (χ3v) is 13.2. The van der Waals surface area contributed by atoms with Gasteiger partial charge in [0, 0.05) is 12.8 Å². The highest BCUT2D eigenvalue weighted by Crippen LogP contribution is 2.17. The lowest BCUT2D eigenvalue weighted by Crippen LogP contribution is -2.44. The fourth-order valence-corrected chi connectivity index (χ4v) is 8.42. The minimum Gasteiger partial charge on any atom is -0.545 e. The molecule has 9 nitrogen and oxygen atoms in total. The van der Waals surface area contributed by atoms with Crippen molar-refractivity contribution in [2.45, 2.75) is 257 Å². The zero-order valence-corrected chi connectivity index (χ0v) is 51.2. The SMILES string of the molecule is CC/C=C\C/C=C\C/C=C\C/C=C\C/C=C\CCCCCCCCCCCCCCCCCCCCCCCC(=O)OC(COC(=O)CCC/C=C\C/C=C\C/C=C\C/C=C\C/C=C\CC)COC(OCC[N+](C)(C)C)C(=O)[O-]. The lowest BCUT2D eigenvalue weighted by molar-refractivity contribution is -0.870. The first-order valence-electron chi connectivity index (χ1n) is 31.7. The number of quaternary nitrogens is 1. The Hall–Kier alpha value is -4.31. The summed E-state index contributed by atoms with van der Waals surface area (Å²) in [5, 5.41) is 11.8. The number of carbonyl (C=O) groups is 3. The van der Waals surface area contributed by atoms with E-state index in [9.17, 15) is 19.5 Å². The molecule has 79 heavy (non-hydrogen) atoms. The molecule has 0 aliphatic carbocycles. The minimum atomic E-state index is -1.64. The van der Waals surface area contributed by atoms with Gasteiger partial charge in [0.1, 0.15) is 13.2 Å². The molecule has 9 heteroatoms. The monoisotopic (exact) mass is 1100 g/mol. The van der Waals surface area contributed by atoms with E-state index in [1.807, 2.05) is 21.1 Å². The van der Waals surface area contributed by atoms with Gasteiger partial charge in [-0.1, -0.05) is 257 Å². The molecular weight excluding hydrogens is 983 g/mol. The number of hydrogen-bond donors (Lipinski definition) is 0. The highest BCUT2D eigenvalue weighted by atomic mass is 16.7. The second kappa shape index (κ2) is 59.8. The van der Waals surface area contributed by atoms with Gasteiger partial charge < -0.3 is 33.3 Å². The molecule has 2 atom stereocenters. The van der Waals surface area contributed by atoms with E-state index in [0.29, 0.717) is 23.9 Å². The van der Waals surface area contributed by atoms with Gasteiger partial charge in [-0.25, -0.2) is 0 Å². The van der Waals surface area contributed by atoms with Crippen LogP contribution < -0.4 is 5.11 Å². The van der Waals surface area contributed by atoms with Crippen LogP contribution in [0, 0.1) is 0 Å². The van der Waals surface area contributed by atoms with Gasteiger partial charge in [-0.05, 0) is 96.3 Å². The summed E-state index contributed by atoms with van der Waals surface area (Å²) in [5.41, 5.74) is 0. The summed E-state index contributed by atoms with van der Waals surface area (Å²) in [6.45, 7) is 4.45. The van der Waals surface area contributed by atoms with E-state index in [-0.39, 0.29) is 32.7 Å². The number of rotatable bonds is 57. The zero-order chi connectivity index (χ0) is 57.6. The molecule has 0 N–H and O–H groups in total. The smallest absolute Gasteiger partial charge is 0.306 e. The summed E-state index contributed by atoms with van der Waals surface area (Å²) in [6, 6.07) is 0. The highest BCUT2D eigenvalue weighted by Gasteiger charge is 2.22. The maximum Gasteiger partial charge on any atom is 0.306 e. The number of ether oxygens (including phenoxy) is 4. The Morgan fingerprint density at radius 2 is 0.696 bits per heavy atom. The van der Waals surface area contributed by atoms with Gasteiger partial charge in [0.25, 0.3) is 0 Å². The van der Waals surface area contributed by atoms with E-state index in [1.165, 1.54) is 116 Å². The molecule has 0 amide bonds. The van der Waals surface area contributed by atoms with Crippen molar-refractivity contribution in [3.8, 4) is 0 Å². The zero-order valence-electron chi connectivity index (χ0n) is 51.2. The molecular formula is C70H117NO8. The summed E-state index contributed by atoms with van der Waals surface area (Å²) < 4.78 is 22.6. The predicted molar refractivity (Wildman–Crippen MR) is 333 cm³/mol. The average molecular weight is 1100 g/mol. The van der Waals surface area contributed by atoms with Crippen molar-refractivity contribution in [3.05, 3.63) is 122 Å². The number of carbonyl (C=O) groups excluding carboxylic acids is 3. The fourth-order valence-electron chi connectivity index (χ4n) is 8.42. The Labute approximate surface area is 485 Å². The Balaban J connectivity index is 4.10. The van der Waals surface area contributed by atoms with Gasteiger partial charge in [-0.3, -0.25) is 9.59 Å². The second-order valence-corrected chi connectivity index (χ2v) is 21.9. The molecule has 0 radical (unpaired) electrons. The molecule has 2 unspecified atom stereocenters. The van der Waals surface area contributed by atoms with Crippen LogP contribution in [-0.4, -0.2) is 82.3 Å². The topological polar surface area (TPSA) is 111 Å². The van der Waals surface area contributed by atoms with Crippen molar-refractivity contribution < 1.29 is 42.9 Å². The second-order valence-electron chi connectivity index (χ2n) is 21.9. The van der Waals surface area contributed by atoms with Crippen molar-refractivity contribution in [1.82, 2.24) is 0 Å². The fraction of sp³-hybridized carbons (Fsp3) is 0.671. The molecule has 0 aromatic heterocycles. The van der Waals surface area contributed by atoms with Crippen LogP contribution in [0.3, 0.4) is 0 Å². The maximum atomic E-state index is 12.9. The number of esters is 2. The molecule has 0 rings (SSSR count). The van der Waals surface area contributed by atoms with Crippen molar-refractivity contribution in [2.24, 2.45) is 0 Å². The third-order valence-electron chi connectivity index (χ3n) is 13.2. The van der Waals surface area contributed by atoms with E-state index in [2.05, 4.69) is 135 Å². The molecule has 0 aliphatic rings. The highest BCUT2D eigenvalue weighted by molar-refractivity contribution is 5.70. The van der Waals surface area contributed by atoms with Crippen LogP contribution in [0.1, 0.15) is 245 Å². The predicted octanol–water partition coefficient (Wildman–Crippen LogP) is 17.9. The van der Waals surface area contributed by atoms with Crippen LogP contribution >= 0.6 is 0 Å². The van der Waals surface area contributed by atoms with E-state index in [0.717, 1.165) is 89.9 Å². The number of aliphatic carboxylic acids is 1. The largest absolute Gasteiger partial charge is 0.545 e. The molecule has 0 spiro atoms. The molecule has 0 saturated heterocycles. The average Bonchev–Trinajstić information content (AvgIpc) is 3.42. The maximum absolute atomic E-state index is 12.9. The van der Waals surface area contributed by atoms with E-state index < -0.39 is 30.3 Å². The van der Waals surface area contributed by atoms with Crippen molar-refractivity contribution in [3.63, 3.8) is 0 Å². The van der Waals surface area contributed by atoms with Crippen LogP contribution in [0.5, 0.6) is 0 Å². The molecule has 0 fully saturated rings. The number of unbranched alkanes of at least 4 members (excludes halogenated alkanes) is 22. The van der Waals surface area contributed by atoms with Gasteiger partial charge in [0.05, 0.1) is 40.3 Å².